The molecule has 1 aromatic heterocycles. The molecule has 188 valence electrons. The number of esters is 1. The van der Waals surface area contributed by atoms with Crippen molar-refractivity contribution in [3.8, 4) is 22.8 Å². The van der Waals surface area contributed by atoms with Gasteiger partial charge in [0.15, 0.2) is 0 Å². The maximum Gasteiger partial charge on any atom is 0.315 e. The van der Waals surface area contributed by atoms with Crippen molar-refractivity contribution in [3.05, 3.63) is 65.4 Å². The van der Waals surface area contributed by atoms with Crippen molar-refractivity contribution in [1.29, 1.82) is 0 Å². The highest BCUT2D eigenvalue weighted by Crippen LogP contribution is 2.49. The number of amides is 1. The van der Waals surface area contributed by atoms with E-state index < -0.39 is 11.0 Å². The van der Waals surface area contributed by atoms with Gasteiger partial charge >= 0.3 is 5.97 Å². The fourth-order valence-corrected chi connectivity index (χ4v) is 5.44. The van der Waals surface area contributed by atoms with Gasteiger partial charge in [-0.15, -0.1) is 0 Å². The zero-order valence-corrected chi connectivity index (χ0v) is 21.3. The lowest BCUT2D eigenvalue weighted by molar-refractivity contribution is -0.146. The minimum absolute atomic E-state index is 0.0757. The minimum Gasteiger partial charge on any atom is -0.496 e. The number of fused-ring (bicyclic) bond motifs is 4. The molecule has 5 rings (SSSR count). The molecule has 1 amide bonds. The van der Waals surface area contributed by atoms with E-state index in [9.17, 15) is 9.59 Å². The standard InChI is InChI=1S/C28H31N3O5/c1-27(2,26(33)35-5)20-11-10-18(16-23(20)34-4)25(32)31-14-12-28(13-15-31)21-17-29-30(3)24(21)19-8-6-7-9-22(19)36-28/h6-11,16-17H,12-15H2,1-5H3. The Kier molecular flexibility index (Phi) is 5.77. The van der Waals surface area contributed by atoms with E-state index >= 15 is 0 Å². The van der Waals surface area contributed by atoms with E-state index in [4.69, 9.17) is 14.2 Å². The van der Waals surface area contributed by atoms with Crippen molar-refractivity contribution >= 4 is 11.9 Å². The zero-order chi connectivity index (χ0) is 25.7. The summed E-state index contributed by atoms with van der Waals surface area (Å²) >= 11 is 0. The first kappa shape index (κ1) is 23.9. The lowest BCUT2D eigenvalue weighted by Crippen LogP contribution is -2.49. The van der Waals surface area contributed by atoms with Gasteiger partial charge in [0.05, 0.1) is 31.5 Å². The smallest absolute Gasteiger partial charge is 0.315 e. The SMILES string of the molecule is COC(=O)C(C)(C)c1ccc(C(=O)N2CCC3(CC2)Oc2ccccc2-c2c3cnn2C)cc1OC. The van der Waals surface area contributed by atoms with Crippen LogP contribution in [0.2, 0.25) is 0 Å². The summed E-state index contributed by atoms with van der Waals surface area (Å²) < 4.78 is 19.0. The number of likely N-dealkylation sites (tertiary alicyclic amines) is 1. The van der Waals surface area contributed by atoms with Crippen LogP contribution in [0.3, 0.4) is 0 Å². The third-order valence-corrected chi connectivity index (χ3v) is 7.55. The van der Waals surface area contributed by atoms with Crippen molar-refractivity contribution in [2.75, 3.05) is 27.3 Å². The maximum absolute atomic E-state index is 13.5. The van der Waals surface area contributed by atoms with Crippen LogP contribution in [0.1, 0.15) is 48.2 Å². The number of carbonyl (C=O) groups excluding carboxylic acids is 2. The van der Waals surface area contributed by atoms with Crippen molar-refractivity contribution < 1.29 is 23.8 Å². The average molecular weight is 490 g/mol. The number of benzene rings is 2. The van der Waals surface area contributed by atoms with E-state index in [0.29, 0.717) is 42.8 Å². The third kappa shape index (κ3) is 3.63. The monoisotopic (exact) mass is 489 g/mol. The lowest BCUT2D eigenvalue weighted by atomic mass is 9.80. The second-order valence-corrected chi connectivity index (χ2v) is 9.95. The summed E-state index contributed by atoms with van der Waals surface area (Å²) in [5.41, 5.74) is 2.96. The zero-order valence-electron chi connectivity index (χ0n) is 21.3. The summed E-state index contributed by atoms with van der Waals surface area (Å²) in [5, 5.41) is 4.52. The summed E-state index contributed by atoms with van der Waals surface area (Å²) in [6, 6.07) is 13.3. The number of methoxy groups -OCH3 is 2. The maximum atomic E-state index is 13.5. The molecule has 3 heterocycles. The molecule has 0 saturated carbocycles. The van der Waals surface area contributed by atoms with Crippen LogP contribution in [0.4, 0.5) is 0 Å². The first-order valence-corrected chi connectivity index (χ1v) is 12.1. The van der Waals surface area contributed by atoms with Crippen molar-refractivity contribution in [3.63, 3.8) is 0 Å². The van der Waals surface area contributed by atoms with E-state index in [-0.39, 0.29) is 11.9 Å². The second kappa shape index (κ2) is 8.69. The Bertz CT molecular complexity index is 1330. The van der Waals surface area contributed by atoms with E-state index in [1.54, 1.807) is 32.0 Å². The van der Waals surface area contributed by atoms with Crippen LogP contribution in [-0.2, 0) is 27.6 Å². The summed E-state index contributed by atoms with van der Waals surface area (Å²) in [6.45, 7) is 4.65. The van der Waals surface area contributed by atoms with E-state index in [1.807, 2.05) is 41.0 Å². The molecule has 2 aromatic carbocycles. The average Bonchev–Trinajstić information content (AvgIpc) is 3.30. The van der Waals surface area contributed by atoms with Gasteiger partial charge in [0.1, 0.15) is 17.1 Å². The molecule has 8 heteroatoms. The van der Waals surface area contributed by atoms with Crippen molar-refractivity contribution in [1.82, 2.24) is 14.7 Å². The van der Waals surface area contributed by atoms with Gasteiger partial charge in [-0.1, -0.05) is 18.2 Å². The fourth-order valence-electron chi connectivity index (χ4n) is 5.44. The number of aryl methyl sites for hydroxylation is 1. The van der Waals surface area contributed by atoms with Crippen LogP contribution in [0, 0.1) is 0 Å². The van der Waals surface area contributed by atoms with Crippen LogP contribution in [0.25, 0.3) is 11.3 Å². The molecule has 0 radical (unpaired) electrons. The molecule has 0 bridgehead atoms. The molecule has 1 spiro atoms. The molecule has 36 heavy (non-hydrogen) atoms. The Balaban J connectivity index is 1.38. The Morgan fingerprint density at radius 1 is 1.08 bits per heavy atom. The number of piperidine rings is 1. The first-order valence-electron chi connectivity index (χ1n) is 12.1. The van der Waals surface area contributed by atoms with Gasteiger partial charge in [-0.3, -0.25) is 14.3 Å². The Labute approximate surface area is 210 Å². The molecule has 0 atom stereocenters. The van der Waals surface area contributed by atoms with E-state index in [1.165, 1.54) is 14.2 Å². The molecule has 1 fully saturated rings. The molecule has 2 aliphatic heterocycles. The Morgan fingerprint density at radius 2 is 1.81 bits per heavy atom. The first-order chi connectivity index (χ1) is 17.2. The number of carbonyl (C=O) groups is 2. The molecule has 2 aliphatic rings. The number of hydrogen-bond donors (Lipinski definition) is 0. The molecule has 3 aromatic rings. The third-order valence-electron chi connectivity index (χ3n) is 7.55. The van der Waals surface area contributed by atoms with Crippen LogP contribution < -0.4 is 9.47 Å². The highest BCUT2D eigenvalue weighted by Gasteiger charge is 2.46. The normalized spacial score (nSPS) is 16.1. The van der Waals surface area contributed by atoms with Crippen molar-refractivity contribution in [2.24, 2.45) is 7.05 Å². The number of para-hydroxylation sites is 1. The summed E-state index contributed by atoms with van der Waals surface area (Å²) in [7, 11) is 4.85. The topological polar surface area (TPSA) is 82.9 Å². The highest BCUT2D eigenvalue weighted by atomic mass is 16.5. The van der Waals surface area contributed by atoms with Gasteiger partial charge in [-0.2, -0.15) is 5.10 Å². The van der Waals surface area contributed by atoms with E-state index in [0.717, 1.165) is 22.6 Å². The van der Waals surface area contributed by atoms with Crippen LogP contribution in [-0.4, -0.2) is 53.9 Å². The second-order valence-electron chi connectivity index (χ2n) is 9.95. The molecule has 0 N–H and O–H groups in total. The number of hydrogen-bond acceptors (Lipinski definition) is 6. The summed E-state index contributed by atoms with van der Waals surface area (Å²) in [5.74, 6) is 0.886. The van der Waals surface area contributed by atoms with Gasteiger partial charge in [-0.25, -0.2) is 0 Å². The van der Waals surface area contributed by atoms with Crippen LogP contribution in [0.5, 0.6) is 11.5 Å². The quantitative estimate of drug-likeness (QED) is 0.514. The van der Waals surface area contributed by atoms with Gasteiger partial charge in [0, 0.05) is 55.2 Å². The summed E-state index contributed by atoms with van der Waals surface area (Å²) in [6.07, 6.45) is 3.22. The van der Waals surface area contributed by atoms with Gasteiger partial charge in [0.2, 0.25) is 0 Å². The number of rotatable bonds is 4. The minimum atomic E-state index is -0.908. The molecule has 0 aliphatic carbocycles. The van der Waals surface area contributed by atoms with Gasteiger partial charge in [-0.05, 0) is 38.1 Å². The molecule has 8 nitrogen and oxygen atoms in total. The predicted molar refractivity (Wildman–Crippen MR) is 134 cm³/mol. The Hall–Kier alpha value is -3.81. The fraction of sp³-hybridized carbons (Fsp3) is 0.393. The molecular formula is C28H31N3O5. The van der Waals surface area contributed by atoms with Gasteiger partial charge in [0.25, 0.3) is 5.91 Å². The van der Waals surface area contributed by atoms with Gasteiger partial charge < -0.3 is 19.1 Å². The van der Waals surface area contributed by atoms with Crippen LogP contribution in [0.15, 0.2) is 48.7 Å². The number of aromatic nitrogens is 2. The largest absolute Gasteiger partial charge is 0.496 e. The number of nitrogens with zero attached hydrogens (tertiary/aromatic N) is 3. The van der Waals surface area contributed by atoms with Crippen molar-refractivity contribution in [2.45, 2.75) is 37.7 Å². The number of ether oxygens (including phenoxy) is 3. The predicted octanol–water partition coefficient (Wildman–Crippen LogP) is 4.07. The molecule has 1 saturated heterocycles. The Morgan fingerprint density at radius 3 is 2.50 bits per heavy atom. The molecular weight excluding hydrogens is 458 g/mol. The summed E-state index contributed by atoms with van der Waals surface area (Å²) in [4.78, 5) is 27.6. The highest BCUT2D eigenvalue weighted by molar-refractivity contribution is 5.95. The lowest BCUT2D eigenvalue weighted by Gasteiger charge is -2.44. The molecule has 0 unspecified atom stereocenters. The van der Waals surface area contributed by atoms with Crippen LogP contribution >= 0.6 is 0 Å². The van der Waals surface area contributed by atoms with E-state index in [2.05, 4.69) is 11.2 Å².